The Hall–Kier alpha value is -5.32. The maximum absolute atomic E-state index is 14.5. The summed E-state index contributed by atoms with van der Waals surface area (Å²) in [5, 5.41) is 7.05. The van der Waals surface area contributed by atoms with Crippen LogP contribution in [0.25, 0.3) is 22.0 Å². The molecule has 1 aliphatic rings. The zero-order valence-corrected chi connectivity index (χ0v) is 28.1. The van der Waals surface area contributed by atoms with Crippen molar-refractivity contribution in [1.82, 2.24) is 9.99 Å². The molecule has 1 unspecified atom stereocenters. The first-order valence-corrected chi connectivity index (χ1v) is 17.5. The molecule has 1 atom stereocenters. The van der Waals surface area contributed by atoms with Crippen molar-refractivity contribution in [2.45, 2.75) is 24.3 Å². The van der Waals surface area contributed by atoms with E-state index >= 15 is 0 Å². The Morgan fingerprint density at radius 1 is 0.854 bits per heavy atom. The van der Waals surface area contributed by atoms with Crippen molar-refractivity contribution in [2.24, 2.45) is 5.10 Å². The van der Waals surface area contributed by atoms with Crippen molar-refractivity contribution in [2.75, 3.05) is 4.72 Å². The number of hydrazone groups is 1. The van der Waals surface area contributed by atoms with E-state index in [1.807, 2.05) is 85.8 Å². The van der Waals surface area contributed by atoms with Crippen molar-refractivity contribution in [3.63, 3.8) is 0 Å². The van der Waals surface area contributed by atoms with E-state index in [4.69, 9.17) is 5.10 Å². The number of nitrogens with one attached hydrogen (secondary N) is 2. The van der Waals surface area contributed by atoms with Crippen molar-refractivity contribution < 1.29 is 13.2 Å². The SMILES string of the molecule is Cc1ccc(S(=O)(=O)Nc2ccccc2C(=O)N2N=C(c3c(-c4ccccc4)c4cc(Br)ccc4[nH]c3=O)CC2c2ccccc2)cc1. The Morgan fingerprint density at radius 2 is 1.52 bits per heavy atom. The van der Waals surface area contributed by atoms with Gasteiger partial charge in [-0.2, -0.15) is 5.10 Å². The molecule has 10 heteroatoms. The van der Waals surface area contributed by atoms with Gasteiger partial charge in [-0.3, -0.25) is 14.3 Å². The first-order chi connectivity index (χ1) is 23.2. The van der Waals surface area contributed by atoms with Crippen LogP contribution >= 0.6 is 15.9 Å². The number of aromatic amines is 1. The van der Waals surface area contributed by atoms with Crippen molar-refractivity contribution in [3.05, 3.63) is 164 Å². The fraction of sp³-hybridized carbons (Fsp3) is 0.0789. The topological polar surface area (TPSA) is 112 Å². The predicted octanol–water partition coefficient (Wildman–Crippen LogP) is 8.06. The lowest BCUT2D eigenvalue weighted by Crippen LogP contribution is -2.28. The van der Waals surface area contributed by atoms with Crippen LogP contribution < -0.4 is 10.3 Å². The monoisotopic (exact) mass is 716 g/mol. The molecular formula is C38H29BrN4O4S. The second kappa shape index (κ2) is 12.7. The minimum atomic E-state index is -4.00. The first-order valence-electron chi connectivity index (χ1n) is 15.3. The molecule has 1 amide bonds. The molecule has 238 valence electrons. The van der Waals surface area contributed by atoms with Gasteiger partial charge in [-0.25, -0.2) is 13.4 Å². The van der Waals surface area contributed by atoms with Crippen molar-refractivity contribution >= 4 is 54.2 Å². The van der Waals surface area contributed by atoms with Crippen molar-refractivity contribution in [1.29, 1.82) is 0 Å². The number of H-pyrrole nitrogens is 1. The zero-order chi connectivity index (χ0) is 33.4. The second-order valence-corrected chi connectivity index (χ2v) is 14.1. The molecule has 0 radical (unpaired) electrons. The van der Waals surface area contributed by atoms with Crippen LogP contribution in [0.3, 0.4) is 0 Å². The molecule has 1 aliphatic heterocycles. The van der Waals surface area contributed by atoms with Gasteiger partial charge in [-0.1, -0.05) is 106 Å². The predicted molar refractivity (Wildman–Crippen MR) is 193 cm³/mol. The highest BCUT2D eigenvalue weighted by molar-refractivity contribution is 9.10. The number of para-hydroxylation sites is 1. The number of pyridine rings is 1. The highest BCUT2D eigenvalue weighted by Gasteiger charge is 2.37. The lowest BCUT2D eigenvalue weighted by molar-refractivity contribution is 0.0712. The van der Waals surface area contributed by atoms with Gasteiger partial charge in [-0.15, -0.1) is 0 Å². The number of carbonyl (C=O) groups is 1. The number of carbonyl (C=O) groups excluding carboxylic acids is 1. The van der Waals surface area contributed by atoms with Gasteiger partial charge in [0, 0.05) is 27.4 Å². The Labute approximate surface area is 286 Å². The number of nitrogens with zero attached hydrogens (tertiary/aromatic N) is 2. The highest BCUT2D eigenvalue weighted by Crippen LogP contribution is 2.38. The van der Waals surface area contributed by atoms with E-state index in [9.17, 15) is 18.0 Å². The molecule has 7 rings (SSSR count). The van der Waals surface area contributed by atoms with Crippen LogP contribution in [-0.4, -0.2) is 30.0 Å². The normalized spacial score (nSPS) is 14.6. The number of hydrogen-bond acceptors (Lipinski definition) is 5. The van der Waals surface area contributed by atoms with Crippen LogP contribution in [0.15, 0.2) is 147 Å². The number of aromatic nitrogens is 1. The fourth-order valence-electron chi connectivity index (χ4n) is 6.03. The third kappa shape index (κ3) is 5.96. The quantitative estimate of drug-likeness (QED) is 0.174. The summed E-state index contributed by atoms with van der Waals surface area (Å²) in [4.78, 5) is 31.5. The van der Waals surface area contributed by atoms with E-state index in [2.05, 4.69) is 25.6 Å². The second-order valence-electron chi connectivity index (χ2n) is 11.6. The van der Waals surface area contributed by atoms with Crippen LogP contribution in [0.5, 0.6) is 0 Å². The van der Waals surface area contributed by atoms with Gasteiger partial charge in [0.25, 0.3) is 21.5 Å². The number of amides is 1. The summed E-state index contributed by atoms with van der Waals surface area (Å²) in [5.74, 6) is -0.512. The Morgan fingerprint density at radius 3 is 2.25 bits per heavy atom. The number of halogens is 1. The number of anilines is 1. The number of benzene rings is 5. The molecule has 1 aromatic heterocycles. The van der Waals surface area contributed by atoms with E-state index < -0.39 is 22.0 Å². The summed E-state index contributed by atoms with van der Waals surface area (Å²) in [6, 6.07) is 37.2. The van der Waals surface area contributed by atoms with Crippen LogP contribution in [0.2, 0.25) is 0 Å². The molecular weight excluding hydrogens is 688 g/mol. The summed E-state index contributed by atoms with van der Waals surface area (Å²) in [6.45, 7) is 1.87. The lowest BCUT2D eigenvalue weighted by Gasteiger charge is -2.23. The molecule has 0 fully saturated rings. The molecule has 6 aromatic rings. The van der Waals surface area contributed by atoms with Crippen LogP contribution in [0.4, 0.5) is 5.69 Å². The van der Waals surface area contributed by atoms with Crippen molar-refractivity contribution in [3.8, 4) is 11.1 Å². The molecule has 0 bridgehead atoms. The van der Waals surface area contributed by atoms with E-state index in [0.29, 0.717) is 22.4 Å². The molecule has 0 saturated heterocycles. The third-order valence-corrected chi connectivity index (χ3v) is 10.2. The van der Waals surface area contributed by atoms with Gasteiger partial charge >= 0.3 is 0 Å². The molecule has 0 spiro atoms. The Kier molecular flexibility index (Phi) is 8.28. The average Bonchev–Trinajstić information content (AvgIpc) is 3.54. The average molecular weight is 718 g/mol. The van der Waals surface area contributed by atoms with E-state index in [1.165, 1.54) is 17.1 Å². The molecule has 8 nitrogen and oxygen atoms in total. The van der Waals surface area contributed by atoms with Crippen LogP contribution in [-0.2, 0) is 10.0 Å². The molecule has 2 heterocycles. The fourth-order valence-corrected chi connectivity index (χ4v) is 7.47. The van der Waals surface area contributed by atoms with E-state index in [1.54, 1.807) is 36.4 Å². The van der Waals surface area contributed by atoms with E-state index in [0.717, 1.165) is 26.5 Å². The molecule has 0 aliphatic carbocycles. The van der Waals surface area contributed by atoms with Crippen LogP contribution in [0.1, 0.15) is 39.5 Å². The maximum Gasteiger partial charge on any atom is 0.276 e. The number of aryl methyl sites for hydroxylation is 1. The summed E-state index contributed by atoms with van der Waals surface area (Å²) in [7, 11) is -4.00. The number of rotatable bonds is 7. The first kappa shape index (κ1) is 31.3. The molecule has 5 aromatic carbocycles. The van der Waals surface area contributed by atoms with Gasteiger partial charge in [0.2, 0.25) is 0 Å². The standard InChI is InChI=1S/C38H29BrN4O4S/c1-24-16-19-28(20-17-24)48(46,47)42-32-15-9-8-14-29(32)38(45)43-34(25-10-4-2-5-11-25)23-33(41-43)36-35(26-12-6-3-7-13-26)30-22-27(39)18-21-31(30)40-37(36)44/h2-22,34,42H,23H2,1H3,(H,40,44). The van der Waals surface area contributed by atoms with Gasteiger partial charge in [0.05, 0.1) is 33.5 Å². The highest BCUT2D eigenvalue weighted by atomic mass is 79.9. The largest absolute Gasteiger partial charge is 0.321 e. The summed E-state index contributed by atoms with van der Waals surface area (Å²) in [6.07, 6.45) is 0.259. The van der Waals surface area contributed by atoms with Gasteiger partial charge in [0.15, 0.2) is 0 Å². The third-order valence-electron chi connectivity index (χ3n) is 8.36. The number of hydrogen-bond donors (Lipinski definition) is 2. The Bertz CT molecular complexity index is 2380. The summed E-state index contributed by atoms with van der Waals surface area (Å²) < 4.78 is 30.2. The summed E-state index contributed by atoms with van der Waals surface area (Å²) >= 11 is 3.58. The molecule has 2 N–H and O–H groups in total. The van der Waals surface area contributed by atoms with Crippen LogP contribution in [0, 0.1) is 6.92 Å². The molecule has 0 saturated carbocycles. The lowest BCUT2D eigenvalue weighted by atomic mass is 9.91. The van der Waals surface area contributed by atoms with E-state index in [-0.39, 0.29) is 28.1 Å². The van der Waals surface area contributed by atoms with Gasteiger partial charge in [0.1, 0.15) is 0 Å². The maximum atomic E-state index is 14.5. The van der Waals surface area contributed by atoms with Gasteiger partial charge < -0.3 is 4.98 Å². The van der Waals surface area contributed by atoms with Gasteiger partial charge in [-0.05, 0) is 60.5 Å². The number of fused-ring (bicyclic) bond motifs is 1. The smallest absolute Gasteiger partial charge is 0.276 e. The minimum Gasteiger partial charge on any atom is -0.321 e. The molecule has 48 heavy (non-hydrogen) atoms. The minimum absolute atomic E-state index is 0.0783. The summed E-state index contributed by atoms with van der Waals surface area (Å²) in [5.41, 5.74) is 4.70. The number of sulfonamides is 1. The zero-order valence-electron chi connectivity index (χ0n) is 25.7. The Balaban J connectivity index is 1.37.